The van der Waals surface area contributed by atoms with Crippen LogP contribution in [-0.2, 0) is 19.2 Å². The normalized spacial score (nSPS) is 13.4. The first kappa shape index (κ1) is 17.8. The Bertz CT molecular complexity index is 347. The molecule has 0 amide bonds. The Morgan fingerprint density at radius 1 is 0.700 bits per heavy atom. The minimum atomic E-state index is -1.65. The molecule has 0 saturated heterocycles. The summed E-state index contributed by atoms with van der Waals surface area (Å²) in [5, 5.41) is 46.1. The van der Waals surface area contributed by atoms with Crippen LogP contribution >= 0.6 is 0 Å². The molecule has 10 heteroatoms. The summed E-state index contributed by atoms with van der Waals surface area (Å²) in [7, 11) is 0. The molecule has 0 aliphatic heterocycles. The van der Waals surface area contributed by atoms with Crippen LogP contribution in [0.25, 0.3) is 0 Å². The van der Waals surface area contributed by atoms with E-state index in [1.54, 1.807) is 0 Å². The molecule has 10 nitrogen and oxygen atoms in total. The molecule has 0 spiro atoms. The van der Waals surface area contributed by atoms with Gasteiger partial charge in [0.15, 0.2) is 0 Å². The summed E-state index contributed by atoms with van der Waals surface area (Å²) in [6, 6.07) is -2.99. The zero-order chi connectivity index (χ0) is 15.7. The lowest BCUT2D eigenvalue weighted by Gasteiger charge is -2.23. The van der Waals surface area contributed by atoms with Gasteiger partial charge in [-0.1, -0.05) is 0 Å². The number of rotatable bonds is 11. The molecule has 0 bridgehead atoms. The Labute approximate surface area is 113 Å². The van der Waals surface area contributed by atoms with Crippen LogP contribution in [0.1, 0.15) is 12.8 Å². The molecule has 20 heavy (non-hydrogen) atoms. The highest BCUT2D eigenvalue weighted by Crippen LogP contribution is 1.90. The lowest BCUT2D eigenvalue weighted by molar-refractivity contribution is -0.318. The minimum Gasteiger partial charge on any atom is -0.550 e. The van der Waals surface area contributed by atoms with E-state index in [-0.39, 0.29) is 13.1 Å². The van der Waals surface area contributed by atoms with Crippen LogP contribution < -0.4 is 31.1 Å². The van der Waals surface area contributed by atoms with E-state index < -0.39 is 48.8 Å². The van der Waals surface area contributed by atoms with Crippen molar-refractivity contribution in [2.45, 2.75) is 24.9 Å². The van der Waals surface area contributed by atoms with E-state index in [1.807, 2.05) is 0 Å². The molecule has 0 aliphatic carbocycles. The monoisotopic (exact) mass is 288 g/mol. The fourth-order valence-electron chi connectivity index (χ4n) is 1.30. The van der Waals surface area contributed by atoms with Crippen LogP contribution in [0.2, 0.25) is 0 Å². The zero-order valence-electron chi connectivity index (χ0n) is 10.2. The van der Waals surface area contributed by atoms with Gasteiger partial charge in [0.2, 0.25) is 0 Å². The molecule has 0 heterocycles. The Kier molecular flexibility index (Phi) is 7.85. The highest BCUT2D eigenvalue weighted by molar-refractivity contribution is 5.79. The van der Waals surface area contributed by atoms with Crippen molar-refractivity contribution >= 4 is 23.9 Å². The number of nitrogens with one attached hydrogen (secondary N) is 2. The summed E-state index contributed by atoms with van der Waals surface area (Å²) >= 11 is 0. The Morgan fingerprint density at radius 3 is 1.20 bits per heavy atom. The Balaban J connectivity index is 4.13. The van der Waals surface area contributed by atoms with E-state index in [9.17, 15) is 39.6 Å². The number of hydrogen-bond acceptors (Lipinski definition) is 10. The molecule has 0 aliphatic rings. The van der Waals surface area contributed by atoms with Crippen molar-refractivity contribution in [2.24, 2.45) is 0 Å². The standard InChI is InChI=1S/C10H16N2O8/c13-7(14)3-5(9(17)18)11-1-2-12-6(10(19)20)4-8(15)16/h5-6,11-12H,1-4H2,(H,13,14)(H,15,16)(H,17,18)(H,19,20)/p-4. The quantitative estimate of drug-likeness (QED) is 0.346. The second kappa shape index (κ2) is 8.82. The van der Waals surface area contributed by atoms with Gasteiger partial charge in [0.25, 0.3) is 0 Å². The van der Waals surface area contributed by atoms with Gasteiger partial charge < -0.3 is 50.2 Å². The van der Waals surface area contributed by atoms with Gasteiger partial charge in [-0.15, -0.1) is 0 Å². The van der Waals surface area contributed by atoms with Crippen molar-refractivity contribution in [3.63, 3.8) is 0 Å². The maximum absolute atomic E-state index is 10.5. The number of hydrogen-bond donors (Lipinski definition) is 2. The fraction of sp³-hybridized carbons (Fsp3) is 0.600. The third kappa shape index (κ3) is 8.00. The van der Waals surface area contributed by atoms with Crippen molar-refractivity contribution in [1.29, 1.82) is 0 Å². The van der Waals surface area contributed by atoms with Crippen LogP contribution in [0.4, 0.5) is 0 Å². The molecule has 2 N–H and O–H groups in total. The SMILES string of the molecule is O=C([O-])CC(NCCNC(CC(=O)[O-])C(=O)[O-])C(=O)[O-]. The Morgan fingerprint density at radius 2 is 1.00 bits per heavy atom. The van der Waals surface area contributed by atoms with Crippen LogP contribution in [0.15, 0.2) is 0 Å². The molecule has 2 atom stereocenters. The first-order valence-electron chi connectivity index (χ1n) is 5.52. The van der Waals surface area contributed by atoms with Gasteiger partial charge in [0.05, 0.1) is 24.0 Å². The number of aliphatic carboxylic acids is 4. The molecule has 114 valence electrons. The smallest absolute Gasteiger partial charge is 0.0588 e. The largest absolute Gasteiger partial charge is 0.550 e. The lowest BCUT2D eigenvalue weighted by atomic mass is 10.2. The summed E-state index contributed by atoms with van der Waals surface area (Å²) in [6.45, 7) is -0.272. The highest BCUT2D eigenvalue weighted by atomic mass is 16.4. The van der Waals surface area contributed by atoms with Crippen molar-refractivity contribution in [2.75, 3.05) is 13.1 Å². The molecule has 0 aromatic rings. The molecular weight excluding hydrogens is 276 g/mol. The molecule has 0 fully saturated rings. The molecule has 2 unspecified atom stereocenters. The molecular formula is C10H12N2O8-4. The number of carboxylic acids is 4. The maximum atomic E-state index is 10.5. The lowest BCUT2D eigenvalue weighted by Crippen LogP contribution is -2.52. The van der Waals surface area contributed by atoms with E-state index in [2.05, 4.69) is 10.6 Å². The maximum Gasteiger partial charge on any atom is 0.0588 e. The number of carbonyl (C=O) groups excluding carboxylic acids is 4. The van der Waals surface area contributed by atoms with Crippen LogP contribution in [0, 0.1) is 0 Å². The van der Waals surface area contributed by atoms with E-state index in [0.29, 0.717) is 0 Å². The second-order valence-electron chi connectivity index (χ2n) is 3.80. The summed E-state index contributed by atoms with van der Waals surface area (Å²) in [5.41, 5.74) is 0. The van der Waals surface area contributed by atoms with Crippen LogP contribution in [-0.4, -0.2) is 49.1 Å². The summed E-state index contributed by atoms with van der Waals surface area (Å²) < 4.78 is 0. The van der Waals surface area contributed by atoms with Gasteiger partial charge in [-0.3, -0.25) is 0 Å². The van der Waals surface area contributed by atoms with Crippen molar-refractivity contribution < 1.29 is 39.6 Å². The summed E-state index contributed by atoms with van der Waals surface area (Å²) in [6.07, 6.45) is -1.63. The molecule has 0 rings (SSSR count). The van der Waals surface area contributed by atoms with E-state index in [4.69, 9.17) is 0 Å². The van der Waals surface area contributed by atoms with Gasteiger partial charge in [-0.05, 0) is 0 Å². The van der Waals surface area contributed by atoms with E-state index in [0.717, 1.165) is 0 Å². The second-order valence-corrected chi connectivity index (χ2v) is 3.80. The fourth-order valence-corrected chi connectivity index (χ4v) is 1.30. The van der Waals surface area contributed by atoms with E-state index >= 15 is 0 Å². The highest BCUT2D eigenvalue weighted by Gasteiger charge is 2.11. The van der Waals surface area contributed by atoms with Gasteiger partial charge in [0, 0.05) is 37.9 Å². The molecule has 0 radical (unpaired) electrons. The van der Waals surface area contributed by atoms with Gasteiger partial charge in [-0.25, -0.2) is 0 Å². The predicted octanol–water partition coefficient (Wildman–Crippen LogP) is -7.32. The average Bonchev–Trinajstić information content (AvgIpc) is 2.29. The average molecular weight is 288 g/mol. The van der Waals surface area contributed by atoms with Crippen LogP contribution in [0.3, 0.4) is 0 Å². The first-order valence-corrected chi connectivity index (χ1v) is 5.52. The van der Waals surface area contributed by atoms with Gasteiger partial charge >= 0.3 is 0 Å². The van der Waals surface area contributed by atoms with Crippen molar-refractivity contribution in [3.8, 4) is 0 Å². The minimum absolute atomic E-state index is 0.136. The summed E-state index contributed by atoms with van der Waals surface area (Å²) in [5.74, 6) is -6.49. The summed E-state index contributed by atoms with van der Waals surface area (Å²) in [4.78, 5) is 41.6. The number of carboxylic acid groups (broad SMARTS) is 4. The van der Waals surface area contributed by atoms with E-state index in [1.165, 1.54) is 0 Å². The number of carbonyl (C=O) groups is 4. The van der Waals surface area contributed by atoms with Gasteiger partial charge in [-0.2, -0.15) is 0 Å². The van der Waals surface area contributed by atoms with Crippen molar-refractivity contribution in [3.05, 3.63) is 0 Å². The predicted molar refractivity (Wildman–Crippen MR) is 52.8 cm³/mol. The third-order valence-corrected chi connectivity index (χ3v) is 2.22. The molecule has 0 aromatic carbocycles. The first-order chi connectivity index (χ1) is 9.23. The topological polar surface area (TPSA) is 185 Å². The van der Waals surface area contributed by atoms with Crippen LogP contribution in [0.5, 0.6) is 0 Å². The molecule has 0 aromatic heterocycles. The zero-order valence-corrected chi connectivity index (χ0v) is 10.2. The van der Waals surface area contributed by atoms with Gasteiger partial charge in [0.1, 0.15) is 0 Å². The third-order valence-electron chi connectivity index (χ3n) is 2.22. The Hall–Kier alpha value is -2.20. The van der Waals surface area contributed by atoms with Crippen molar-refractivity contribution in [1.82, 2.24) is 10.6 Å². The molecule has 0 saturated carbocycles.